The Morgan fingerprint density at radius 1 is 1.38 bits per heavy atom. The number of hydrogen-bond donors (Lipinski definition) is 2. The largest absolute Gasteiger partial charge is 0.361 e. The highest BCUT2D eigenvalue weighted by Gasteiger charge is 2.01. The molecule has 0 aliphatic carbocycles. The van der Waals surface area contributed by atoms with Gasteiger partial charge in [-0.1, -0.05) is 11.6 Å². The van der Waals surface area contributed by atoms with Crippen LogP contribution in [0.15, 0.2) is 24.4 Å². The molecule has 2 N–H and O–H groups in total. The molecule has 0 unspecified atom stereocenters. The van der Waals surface area contributed by atoms with Crippen molar-refractivity contribution in [1.29, 1.82) is 0 Å². The number of aromatic nitrogens is 1. The van der Waals surface area contributed by atoms with Gasteiger partial charge in [-0.05, 0) is 31.7 Å². The van der Waals surface area contributed by atoms with Crippen LogP contribution in [0.4, 0.5) is 0 Å². The van der Waals surface area contributed by atoms with E-state index in [2.05, 4.69) is 41.6 Å². The number of hydrogen-bond acceptors (Lipinski definition) is 1. The summed E-state index contributed by atoms with van der Waals surface area (Å²) in [6.45, 7) is 3.04. The average molecular weight is 174 g/mol. The Labute approximate surface area is 78.0 Å². The third-order valence-electron chi connectivity index (χ3n) is 2.29. The van der Waals surface area contributed by atoms with E-state index in [0.717, 1.165) is 6.54 Å². The summed E-state index contributed by atoms with van der Waals surface area (Å²) in [5, 5.41) is 4.49. The summed E-state index contributed by atoms with van der Waals surface area (Å²) in [7, 11) is 1.97. The number of rotatable bonds is 2. The van der Waals surface area contributed by atoms with Crippen molar-refractivity contribution < 1.29 is 0 Å². The first-order chi connectivity index (χ1) is 6.31. The molecule has 0 saturated heterocycles. The van der Waals surface area contributed by atoms with Gasteiger partial charge in [0.1, 0.15) is 0 Å². The maximum atomic E-state index is 3.26. The maximum Gasteiger partial charge on any atom is 0.0457 e. The van der Waals surface area contributed by atoms with Crippen molar-refractivity contribution in [2.45, 2.75) is 13.5 Å². The lowest BCUT2D eigenvalue weighted by molar-refractivity contribution is 0.823. The number of aryl methyl sites for hydroxylation is 1. The first-order valence-electron chi connectivity index (χ1n) is 4.52. The Bertz CT molecular complexity index is 415. The standard InChI is InChI=1S/C11H14N2/c1-8-3-4-11-10(5-8)9(6-12-2)7-13-11/h3-5,7,12-13H,6H2,1-2H3. The second kappa shape index (κ2) is 3.23. The van der Waals surface area contributed by atoms with E-state index in [4.69, 9.17) is 0 Å². The van der Waals surface area contributed by atoms with Gasteiger partial charge in [-0.25, -0.2) is 0 Å². The molecule has 1 aromatic carbocycles. The highest BCUT2D eigenvalue weighted by atomic mass is 14.8. The van der Waals surface area contributed by atoms with Crippen molar-refractivity contribution in [3.05, 3.63) is 35.5 Å². The van der Waals surface area contributed by atoms with Crippen LogP contribution in [-0.4, -0.2) is 12.0 Å². The summed E-state index contributed by atoms with van der Waals surface area (Å²) in [6, 6.07) is 6.48. The van der Waals surface area contributed by atoms with Crippen molar-refractivity contribution >= 4 is 10.9 Å². The van der Waals surface area contributed by atoms with E-state index in [9.17, 15) is 0 Å². The zero-order valence-electron chi connectivity index (χ0n) is 8.02. The van der Waals surface area contributed by atoms with Crippen LogP contribution in [0.25, 0.3) is 10.9 Å². The highest BCUT2D eigenvalue weighted by Crippen LogP contribution is 2.19. The fourth-order valence-corrected chi connectivity index (χ4v) is 1.63. The Morgan fingerprint density at radius 3 is 3.00 bits per heavy atom. The minimum absolute atomic E-state index is 0.920. The molecule has 2 rings (SSSR count). The van der Waals surface area contributed by atoms with E-state index < -0.39 is 0 Å². The normalized spacial score (nSPS) is 10.9. The van der Waals surface area contributed by atoms with Gasteiger partial charge < -0.3 is 10.3 Å². The molecule has 0 radical (unpaired) electrons. The van der Waals surface area contributed by atoms with Crippen LogP contribution < -0.4 is 5.32 Å². The number of fused-ring (bicyclic) bond motifs is 1. The van der Waals surface area contributed by atoms with Crippen LogP contribution >= 0.6 is 0 Å². The molecule has 0 saturated carbocycles. The molecule has 2 heteroatoms. The fourth-order valence-electron chi connectivity index (χ4n) is 1.63. The molecular weight excluding hydrogens is 160 g/mol. The molecule has 0 atom stereocenters. The van der Waals surface area contributed by atoms with Crippen LogP contribution in [0.1, 0.15) is 11.1 Å². The van der Waals surface area contributed by atoms with Gasteiger partial charge in [-0.2, -0.15) is 0 Å². The van der Waals surface area contributed by atoms with Crippen molar-refractivity contribution in [3.8, 4) is 0 Å². The second-order valence-corrected chi connectivity index (χ2v) is 3.39. The van der Waals surface area contributed by atoms with Crippen LogP contribution in [-0.2, 0) is 6.54 Å². The van der Waals surface area contributed by atoms with E-state index >= 15 is 0 Å². The lowest BCUT2D eigenvalue weighted by Gasteiger charge is -1.98. The number of benzene rings is 1. The van der Waals surface area contributed by atoms with E-state index in [0.29, 0.717) is 0 Å². The summed E-state index contributed by atoms with van der Waals surface area (Å²) >= 11 is 0. The van der Waals surface area contributed by atoms with Gasteiger partial charge in [0, 0.05) is 23.6 Å². The molecule has 0 bridgehead atoms. The Morgan fingerprint density at radius 2 is 2.23 bits per heavy atom. The Kier molecular flexibility index (Phi) is 2.07. The molecule has 1 aromatic heterocycles. The van der Waals surface area contributed by atoms with E-state index in [1.807, 2.05) is 7.05 Å². The topological polar surface area (TPSA) is 27.8 Å². The highest BCUT2D eigenvalue weighted by molar-refractivity contribution is 5.83. The zero-order valence-corrected chi connectivity index (χ0v) is 8.02. The van der Waals surface area contributed by atoms with Crippen LogP contribution in [0.3, 0.4) is 0 Å². The van der Waals surface area contributed by atoms with Crippen molar-refractivity contribution in [3.63, 3.8) is 0 Å². The first kappa shape index (κ1) is 8.32. The molecule has 2 nitrogen and oxygen atoms in total. The molecular formula is C11H14N2. The third-order valence-corrected chi connectivity index (χ3v) is 2.29. The molecule has 0 aliphatic heterocycles. The van der Waals surface area contributed by atoms with E-state index in [-0.39, 0.29) is 0 Å². The van der Waals surface area contributed by atoms with Gasteiger partial charge in [-0.15, -0.1) is 0 Å². The lowest BCUT2D eigenvalue weighted by atomic mass is 10.1. The van der Waals surface area contributed by atoms with Gasteiger partial charge in [0.15, 0.2) is 0 Å². The molecule has 13 heavy (non-hydrogen) atoms. The molecule has 0 spiro atoms. The molecule has 68 valence electrons. The first-order valence-corrected chi connectivity index (χ1v) is 4.52. The van der Waals surface area contributed by atoms with Gasteiger partial charge in [0.05, 0.1) is 0 Å². The number of nitrogens with one attached hydrogen (secondary N) is 2. The van der Waals surface area contributed by atoms with Gasteiger partial charge in [0.2, 0.25) is 0 Å². The summed E-state index contributed by atoms with van der Waals surface area (Å²) < 4.78 is 0. The third kappa shape index (κ3) is 1.45. The van der Waals surface area contributed by atoms with Gasteiger partial charge in [0.25, 0.3) is 0 Å². The second-order valence-electron chi connectivity index (χ2n) is 3.39. The molecule has 1 heterocycles. The predicted molar refractivity (Wildman–Crippen MR) is 55.8 cm³/mol. The number of aromatic amines is 1. The SMILES string of the molecule is CNCc1c[nH]c2ccc(C)cc12. The quantitative estimate of drug-likeness (QED) is 0.717. The molecule has 0 amide bonds. The fraction of sp³-hybridized carbons (Fsp3) is 0.273. The van der Waals surface area contributed by atoms with Crippen molar-refractivity contribution in [2.75, 3.05) is 7.05 Å². The minimum atomic E-state index is 0.920. The smallest absolute Gasteiger partial charge is 0.0457 e. The summed E-state index contributed by atoms with van der Waals surface area (Å²) in [6.07, 6.45) is 2.07. The molecule has 0 aliphatic rings. The molecule has 2 aromatic rings. The predicted octanol–water partition coefficient (Wildman–Crippen LogP) is 2.20. The van der Waals surface area contributed by atoms with Crippen molar-refractivity contribution in [2.24, 2.45) is 0 Å². The van der Waals surface area contributed by atoms with Crippen LogP contribution in [0.5, 0.6) is 0 Å². The molecule has 0 fully saturated rings. The van der Waals surface area contributed by atoms with Crippen LogP contribution in [0, 0.1) is 6.92 Å². The summed E-state index contributed by atoms with van der Waals surface area (Å²) in [5.41, 5.74) is 3.86. The van der Waals surface area contributed by atoms with Crippen molar-refractivity contribution in [1.82, 2.24) is 10.3 Å². The summed E-state index contributed by atoms with van der Waals surface area (Å²) in [5.74, 6) is 0. The zero-order chi connectivity index (χ0) is 9.26. The van der Waals surface area contributed by atoms with Gasteiger partial charge >= 0.3 is 0 Å². The average Bonchev–Trinajstić information content (AvgIpc) is 2.49. The lowest BCUT2D eigenvalue weighted by Crippen LogP contribution is -2.03. The Balaban J connectivity index is 2.58. The van der Waals surface area contributed by atoms with E-state index in [1.165, 1.54) is 22.0 Å². The minimum Gasteiger partial charge on any atom is -0.361 e. The van der Waals surface area contributed by atoms with Crippen LogP contribution in [0.2, 0.25) is 0 Å². The maximum absolute atomic E-state index is 3.26. The van der Waals surface area contributed by atoms with Gasteiger partial charge in [-0.3, -0.25) is 0 Å². The summed E-state index contributed by atoms with van der Waals surface area (Å²) in [4.78, 5) is 3.26. The van der Waals surface area contributed by atoms with E-state index in [1.54, 1.807) is 0 Å². The number of H-pyrrole nitrogens is 1. The monoisotopic (exact) mass is 174 g/mol. The Hall–Kier alpha value is -1.28.